The fraction of sp³-hybridized carbons (Fsp3) is 0.625. The fourth-order valence-electron chi connectivity index (χ4n) is 5.59. The van der Waals surface area contributed by atoms with Crippen LogP contribution in [0.2, 0.25) is 0 Å². The first-order valence-corrected chi connectivity index (χ1v) is 13.6. The first-order valence-electron chi connectivity index (χ1n) is 12.0. The first kappa shape index (κ1) is 25.3. The van der Waals surface area contributed by atoms with Gasteiger partial charge in [0.05, 0.1) is 26.5 Å². The number of H-pyrrole nitrogens is 1. The van der Waals surface area contributed by atoms with Crippen LogP contribution in [-0.2, 0) is 9.53 Å². The van der Waals surface area contributed by atoms with Gasteiger partial charge < -0.3 is 39.6 Å². The zero-order valence-electron chi connectivity index (χ0n) is 18.9. The number of aliphatic carboxylic acids is 1. The van der Waals surface area contributed by atoms with E-state index in [1.165, 1.54) is 38.5 Å². The van der Waals surface area contributed by atoms with Crippen LogP contribution in [0.4, 0.5) is 0 Å². The average molecular weight is 619 g/mol. The highest BCUT2D eigenvalue weighted by atomic mass is 79.9. The van der Waals surface area contributed by atoms with E-state index in [1.54, 1.807) is 6.20 Å². The minimum Gasteiger partial charge on any atom is -0.491 e. The third-order valence-corrected chi connectivity index (χ3v) is 8.94. The van der Waals surface area contributed by atoms with E-state index >= 15 is 0 Å². The molecule has 35 heavy (non-hydrogen) atoms. The Hall–Kier alpha value is -1.37. The van der Waals surface area contributed by atoms with Crippen molar-refractivity contribution >= 4 is 48.7 Å². The van der Waals surface area contributed by atoms with E-state index in [2.05, 4.69) is 36.8 Å². The molecular weight excluding hydrogens is 590 g/mol. The molecule has 0 radical (unpaired) electrons. The number of carboxylic acid groups (broad SMARTS) is 1. The van der Waals surface area contributed by atoms with Gasteiger partial charge in [0.2, 0.25) is 6.29 Å². The lowest BCUT2D eigenvalue weighted by Gasteiger charge is -2.38. The standard InChI is InChI=1S/C24H29Br2NO8/c25-13-7-14-16(17(26)21(13)33-9-12-10-5-3-1-2-4-6-11(10)12)15(8-27-14)34-24-20(30)18(28)19(29)22(35-24)23(31)32/h7-8,10-12,18-20,22,24,27-30H,1-6,9H2,(H,31,32)/t10-,11+,12?,18-,19-,20+,22-,24+/m0/s1. The minimum atomic E-state index is -1.78. The number of hydrogen-bond acceptors (Lipinski definition) is 7. The van der Waals surface area contributed by atoms with Gasteiger partial charge >= 0.3 is 5.97 Å². The number of fused-ring (bicyclic) bond motifs is 2. The molecule has 192 valence electrons. The van der Waals surface area contributed by atoms with Gasteiger partial charge in [0.1, 0.15) is 29.8 Å². The van der Waals surface area contributed by atoms with Crippen molar-refractivity contribution in [1.82, 2.24) is 4.98 Å². The Bertz CT molecular complexity index is 1080. The van der Waals surface area contributed by atoms with E-state index in [4.69, 9.17) is 14.2 Å². The van der Waals surface area contributed by atoms with Gasteiger partial charge in [0.25, 0.3) is 0 Å². The fourth-order valence-corrected chi connectivity index (χ4v) is 7.14. The van der Waals surface area contributed by atoms with Crippen LogP contribution >= 0.6 is 31.9 Å². The van der Waals surface area contributed by atoms with E-state index in [0.29, 0.717) is 33.6 Å². The summed E-state index contributed by atoms with van der Waals surface area (Å²) in [5, 5.41) is 40.3. The lowest BCUT2D eigenvalue weighted by atomic mass is 9.99. The predicted molar refractivity (Wildman–Crippen MR) is 132 cm³/mol. The summed E-state index contributed by atoms with van der Waals surface area (Å²) in [6, 6.07) is 1.86. The van der Waals surface area contributed by atoms with E-state index in [-0.39, 0.29) is 5.75 Å². The third kappa shape index (κ3) is 4.83. The average Bonchev–Trinajstić information content (AvgIpc) is 3.26. The Morgan fingerprint density at radius 3 is 2.40 bits per heavy atom. The summed E-state index contributed by atoms with van der Waals surface area (Å²) in [7, 11) is 0. The van der Waals surface area contributed by atoms with Gasteiger partial charge in [-0.15, -0.1) is 0 Å². The Morgan fingerprint density at radius 1 is 1.06 bits per heavy atom. The molecule has 1 aromatic carbocycles. The monoisotopic (exact) mass is 617 g/mol. The van der Waals surface area contributed by atoms with Crippen LogP contribution in [0.3, 0.4) is 0 Å². The summed E-state index contributed by atoms with van der Waals surface area (Å²) in [5.41, 5.74) is 0.708. The highest BCUT2D eigenvalue weighted by molar-refractivity contribution is 9.11. The minimum absolute atomic E-state index is 0.272. The highest BCUT2D eigenvalue weighted by Crippen LogP contribution is 2.54. The molecule has 2 aromatic rings. The summed E-state index contributed by atoms with van der Waals surface area (Å²) in [5.74, 6) is 1.49. The Morgan fingerprint density at radius 2 is 1.74 bits per heavy atom. The van der Waals surface area contributed by atoms with Crippen molar-refractivity contribution in [3.63, 3.8) is 0 Å². The topological polar surface area (TPSA) is 141 Å². The number of carbonyl (C=O) groups is 1. The normalized spacial score (nSPS) is 35.1. The molecule has 2 saturated carbocycles. The molecule has 1 aromatic heterocycles. The number of hydrogen-bond donors (Lipinski definition) is 5. The van der Waals surface area contributed by atoms with E-state index < -0.39 is 36.7 Å². The van der Waals surface area contributed by atoms with Gasteiger partial charge in [-0.2, -0.15) is 0 Å². The number of ether oxygens (including phenoxy) is 3. The van der Waals surface area contributed by atoms with Crippen molar-refractivity contribution in [2.45, 2.75) is 69.2 Å². The SMILES string of the molecule is O=C(O)[C@H]1O[C@@H](Oc2c[nH]c3cc(Br)c(OCC4[C@H]5CCCCCC[C@@H]45)c(Br)c23)[C@H](O)[C@@H](O)[C@@H]1O. The number of rotatable bonds is 6. The predicted octanol–water partition coefficient (Wildman–Crippen LogP) is 3.56. The maximum absolute atomic E-state index is 11.4. The van der Waals surface area contributed by atoms with E-state index in [1.807, 2.05) is 6.07 Å². The first-order chi connectivity index (χ1) is 16.8. The lowest BCUT2D eigenvalue weighted by Crippen LogP contribution is -2.61. The summed E-state index contributed by atoms with van der Waals surface area (Å²) >= 11 is 7.22. The second kappa shape index (κ2) is 10.2. The van der Waals surface area contributed by atoms with Gasteiger partial charge in [-0.25, -0.2) is 4.79 Å². The molecule has 2 aliphatic carbocycles. The maximum Gasteiger partial charge on any atom is 0.335 e. The Balaban J connectivity index is 1.35. The number of nitrogens with one attached hydrogen (secondary N) is 1. The second-order valence-electron chi connectivity index (χ2n) is 9.72. The van der Waals surface area contributed by atoms with Crippen molar-refractivity contribution < 1.29 is 39.4 Å². The maximum atomic E-state index is 11.4. The molecule has 0 bridgehead atoms. The number of carboxylic acids is 1. The molecule has 8 atom stereocenters. The number of halogens is 2. The van der Waals surface area contributed by atoms with Crippen LogP contribution in [0, 0.1) is 17.8 Å². The molecule has 1 saturated heterocycles. The Labute approximate surface area is 219 Å². The molecular formula is C24H29Br2NO8. The van der Waals surface area contributed by atoms with Crippen molar-refractivity contribution in [3.8, 4) is 11.5 Å². The number of aromatic amines is 1. The largest absolute Gasteiger partial charge is 0.491 e. The zero-order valence-corrected chi connectivity index (χ0v) is 22.1. The molecule has 11 heteroatoms. The van der Waals surface area contributed by atoms with Gasteiger partial charge in [-0.1, -0.05) is 25.7 Å². The Kier molecular flexibility index (Phi) is 7.35. The van der Waals surface area contributed by atoms with Crippen LogP contribution in [0.5, 0.6) is 11.5 Å². The van der Waals surface area contributed by atoms with E-state index in [0.717, 1.165) is 16.3 Å². The molecule has 2 heterocycles. The van der Waals surface area contributed by atoms with Crippen molar-refractivity contribution in [3.05, 3.63) is 21.2 Å². The van der Waals surface area contributed by atoms with Crippen molar-refractivity contribution in [1.29, 1.82) is 0 Å². The van der Waals surface area contributed by atoms with Crippen molar-refractivity contribution in [2.75, 3.05) is 6.61 Å². The van der Waals surface area contributed by atoms with Gasteiger partial charge in [0, 0.05) is 6.20 Å². The number of aliphatic hydroxyl groups excluding tert-OH is 3. The number of aliphatic hydroxyl groups is 3. The molecule has 5 rings (SSSR count). The smallest absolute Gasteiger partial charge is 0.335 e. The molecule has 0 amide bonds. The van der Waals surface area contributed by atoms with Crippen LogP contribution < -0.4 is 9.47 Å². The van der Waals surface area contributed by atoms with Crippen molar-refractivity contribution in [2.24, 2.45) is 17.8 Å². The molecule has 3 fully saturated rings. The number of aromatic nitrogens is 1. The van der Waals surface area contributed by atoms with Gasteiger partial charge in [-0.05, 0) is 68.5 Å². The molecule has 9 nitrogen and oxygen atoms in total. The van der Waals surface area contributed by atoms with Gasteiger partial charge in [0.15, 0.2) is 6.10 Å². The third-order valence-electron chi connectivity index (χ3n) is 7.59. The molecule has 5 N–H and O–H groups in total. The molecule has 1 unspecified atom stereocenters. The zero-order chi connectivity index (χ0) is 24.9. The van der Waals surface area contributed by atoms with Gasteiger partial charge in [-0.3, -0.25) is 0 Å². The van der Waals surface area contributed by atoms with Crippen LogP contribution in [0.1, 0.15) is 38.5 Å². The van der Waals surface area contributed by atoms with Crippen LogP contribution in [0.25, 0.3) is 10.9 Å². The quantitative estimate of drug-likeness (QED) is 0.331. The summed E-state index contributed by atoms with van der Waals surface area (Å²) in [4.78, 5) is 14.5. The lowest BCUT2D eigenvalue weighted by molar-refractivity contribution is -0.270. The number of benzene rings is 1. The molecule has 3 aliphatic rings. The highest BCUT2D eigenvalue weighted by Gasteiger charge is 2.50. The molecule has 0 spiro atoms. The van der Waals surface area contributed by atoms with Crippen LogP contribution in [0.15, 0.2) is 21.2 Å². The second-order valence-corrected chi connectivity index (χ2v) is 11.4. The summed E-state index contributed by atoms with van der Waals surface area (Å²) < 4.78 is 18.8. The van der Waals surface area contributed by atoms with E-state index in [9.17, 15) is 25.2 Å². The molecule has 1 aliphatic heterocycles. The summed E-state index contributed by atoms with van der Waals surface area (Å²) in [6.07, 6.45) is 0.919. The summed E-state index contributed by atoms with van der Waals surface area (Å²) in [6.45, 7) is 0.632. The van der Waals surface area contributed by atoms with Crippen LogP contribution in [-0.4, -0.2) is 68.7 Å².